The molecule has 0 radical (unpaired) electrons. The Morgan fingerprint density at radius 3 is 2.52 bits per heavy atom. The molecular weight excluding hydrogens is 310 g/mol. The van der Waals surface area contributed by atoms with Gasteiger partial charge in [-0.25, -0.2) is 0 Å². The number of methoxy groups -OCH3 is 2. The van der Waals surface area contributed by atoms with Crippen LogP contribution in [0.3, 0.4) is 0 Å². The van der Waals surface area contributed by atoms with Crippen LogP contribution in [0.4, 0.5) is 5.69 Å². The van der Waals surface area contributed by atoms with Gasteiger partial charge in [0, 0.05) is 11.3 Å². The summed E-state index contributed by atoms with van der Waals surface area (Å²) in [5, 5.41) is 3.14. The summed E-state index contributed by atoms with van der Waals surface area (Å²) < 4.78 is 10.4. The molecule has 0 aliphatic rings. The van der Waals surface area contributed by atoms with E-state index in [0.717, 1.165) is 0 Å². The Kier molecular flexibility index (Phi) is 6.35. The van der Waals surface area contributed by atoms with Crippen LogP contribution in [0.5, 0.6) is 11.5 Å². The van der Waals surface area contributed by atoms with E-state index >= 15 is 0 Å². The normalized spacial score (nSPS) is 11.6. The Morgan fingerprint density at radius 1 is 1.13 bits per heavy atom. The fraction of sp³-hybridized carbons (Fsp3) is 0.278. The molecule has 0 aliphatic heterocycles. The number of carbonyl (C=O) groups is 1. The van der Waals surface area contributed by atoms with Crippen molar-refractivity contribution < 1.29 is 14.3 Å². The Bertz CT molecular complexity index is 646. The summed E-state index contributed by atoms with van der Waals surface area (Å²) in [5.74, 6) is 1.59. The summed E-state index contributed by atoms with van der Waals surface area (Å²) in [6, 6.07) is 15.5. The van der Waals surface area contributed by atoms with Gasteiger partial charge in [-0.2, -0.15) is 0 Å². The third-order valence-corrected chi connectivity index (χ3v) is 4.62. The lowest BCUT2D eigenvalue weighted by Crippen LogP contribution is -2.15. The average molecular weight is 331 g/mol. The molecule has 0 heterocycles. The number of anilines is 1. The van der Waals surface area contributed by atoms with Crippen LogP contribution < -0.4 is 14.8 Å². The average Bonchev–Trinajstić information content (AvgIpc) is 2.60. The molecule has 4 nitrogen and oxygen atoms in total. The number of benzene rings is 2. The molecule has 2 aromatic carbocycles. The first kappa shape index (κ1) is 17.2. The monoisotopic (exact) mass is 331 g/mol. The number of rotatable bonds is 7. The molecule has 0 fully saturated rings. The van der Waals surface area contributed by atoms with E-state index in [9.17, 15) is 4.79 Å². The fourth-order valence-electron chi connectivity index (χ4n) is 2.11. The van der Waals surface area contributed by atoms with E-state index in [1.165, 1.54) is 5.56 Å². The zero-order valence-electron chi connectivity index (χ0n) is 13.5. The summed E-state index contributed by atoms with van der Waals surface area (Å²) >= 11 is 1.60. The maximum atomic E-state index is 12.2. The van der Waals surface area contributed by atoms with Crippen LogP contribution in [0.2, 0.25) is 0 Å². The molecule has 2 rings (SSSR count). The Labute approximate surface area is 141 Å². The molecule has 122 valence electrons. The van der Waals surface area contributed by atoms with E-state index in [1.54, 1.807) is 44.2 Å². The van der Waals surface area contributed by atoms with Crippen molar-refractivity contribution in [1.29, 1.82) is 0 Å². The van der Waals surface area contributed by atoms with Gasteiger partial charge >= 0.3 is 0 Å². The van der Waals surface area contributed by atoms with Gasteiger partial charge in [0.1, 0.15) is 11.5 Å². The molecule has 1 unspecified atom stereocenters. The van der Waals surface area contributed by atoms with Crippen molar-refractivity contribution in [3.63, 3.8) is 0 Å². The van der Waals surface area contributed by atoms with E-state index in [2.05, 4.69) is 24.4 Å². The standard InChI is InChI=1S/C18H21NO3S/c1-13(14-7-5-4-6-8-14)23-12-18(20)19-16-10-9-15(21-2)11-17(16)22-3/h4-11,13H,12H2,1-3H3,(H,19,20). The summed E-state index contributed by atoms with van der Waals surface area (Å²) in [5.41, 5.74) is 1.86. The van der Waals surface area contributed by atoms with E-state index in [4.69, 9.17) is 9.47 Å². The van der Waals surface area contributed by atoms with Crippen molar-refractivity contribution in [2.24, 2.45) is 0 Å². The van der Waals surface area contributed by atoms with Gasteiger partial charge in [0.25, 0.3) is 0 Å². The third-order valence-electron chi connectivity index (χ3n) is 3.42. The second kappa shape index (κ2) is 8.48. The van der Waals surface area contributed by atoms with Crippen LogP contribution in [0, 0.1) is 0 Å². The number of ether oxygens (including phenoxy) is 2. The number of hydrogen-bond acceptors (Lipinski definition) is 4. The molecule has 1 atom stereocenters. The lowest BCUT2D eigenvalue weighted by molar-refractivity contribution is -0.113. The highest BCUT2D eigenvalue weighted by atomic mass is 32.2. The van der Waals surface area contributed by atoms with Gasteiger partial charge in [-0.15, -0.1) is 11.8 Å². The number of amides is 1. The maximum Gasteiger partial charge on any atom is 0.234 e. The Morgan fingerprint density at radius 2 is 1.87 bits per heavy atom. The molecule has 0 bridgehead atoms. The maximum absolute atomic E-state index is 12.2. The van der Waals surface area contributed by atoms with Crippen molar-refractivity contribution in [2.75, 3.05) is 25.3 Å². The van der Waals surface area contributed by atoms with Crippen LogP contribution in [0.1, 0.15) is 17.7 Å². The molecule has 0 saturated carbocycles. The van der Waals surface area contributed by atoms with Gasteiger partial charge in [0.05, 0.1) is 25.7 Å². The molecule has 0 spiro atoms. The van der Waals surface area contributed by atoms with Crippen molar-refractivity contribution in [3.8, 4) is 11.5 Å². The molecule has 5 heteroatoms. The smallest absolute Gasteiger partial charge is 0.234 e. The quantitative estimate of drug-likeness (QED) is 0.828. The number of carbonyl (C=O) groups excluding carboxylic acids is 1. The second-order valence-corrected chi connectivity index (χ2v) is 6.31. The van der Waals surface area contributed by atoms with Crippen molar-refractivity contribution in [3.05, 3.63) is 54.1 Å². The molecule has 1 N–H and O–H groups in total. The minimum Gasteiger partial charge on any atom is -0.497 e. The van der Waals surface area contributed by atoms with Crippen molar-refractivity contribution in [2.45, 2.75) is 12.2 Å². The molecule has 2 aromatic rings. The highest BCUT2D eigenvalue weighted by Crippen LogP contribution is 2.30. The Hall–Kier alpha value is -2.14. The summed E-state index contributed by atoms with van der Waals surface area (Å²) in [7, 11) is 3.16. The van der Waals surface area contributed by atoms with Crippen LogP contribution in [0.15, 0.2) is 48.5 Å². The third kappa shape index (κ3) is 4.93. The molecule has 0 aliphatic carbocycles. The summed E-state index contributed by atoms with van der Waals surface area (Å²) in [4.78, 5) is 12.2. The molecule has 0 saturated heterocycles. The van der Waals surface area contributed by atoms with Crippen molar-refractivity contribution in [1.82, 2.24) is 0 Å². The highest BCUT2D eigenvalue weighted by Gasteiger charge is 2.12. The van der Waals surface area contributed by atoms with Gasteiger partial charge < -0.3 is 14.8 Å². The van der Waals surface area contributed by atoms with Crippen LogP contribution in [-0.4, -0.2) is 25.9 Å². The zero-order chi connectivity index (χ0) is 16.7. The topological polar surface area (TPSA) is 47.6 Å². The first-order chi connectivity index (χ1) is 11.1. The van der Waals surface area contributed by atoms with Gasteiger partial charge in [-0.1, -0.05) is 30.3 Å². The van der Waals surface area contributed by atoms with E-state index in [0.29, 0.717) is 22.9 Å². The first-order valence-electron chi connectivity index (χ1n) is 7.32. The largest absolute Gasteiger partial charge is 0.497 e. The lowest BCUT2D eigenvalue weighted by atomic mass is 10.2. The fourth-order valence-corrected chi connectivity index (χ4v) is 2.93. The zero-order valence-corrected chi connectivity index (χ0v) is 14.4. The molecule has 23 heavy (non-hydrogen) atoms. The van der Waals surface area contributed by atoms with E-state index in [1.807, 2.05) is 18.2 Å². The first-order valence-corrected chi connectivity index (χ1v) is 8.37. The summed E-state index contributed by atoms with van der Waals surface area (Å²) in [6.07, 6.45) is 0. The molecule has 0 aromatic heterocycles. The Balaban J connectivity index is 1.92. The van der Waals surface area contributed by atoms with Crippen molar-refractivity contribution >= 4 is 23.4 Å². The lowest BCUT2D eigenvalue weighted by Gasteiger charge is -2.13. The highest BCUT2D eigenvalue weighted by molar-refractivity contribution is 8.00. The summed E-state index contributed by atoms with van der Waals surface area (Å²) in [6.45, 7) is 2.10. The number of thioether (sulfide) groups is 1. The van der Waals surface area contributed by atoms with E-state index in [-0.39, 0.29) is 11.2 Å². The second-order valence-electron chi connectivity index (χ2n) is 4.98. The van der Waals surface area contributed by atoms with E-state index < -0.39 is 0 Å². The minimum atomic E-state index is -0.0544. The van der Waals surface area contributed by atoms with Crippen LogP contribution >= 0.6 is 11.8 Å². The van der Waals surface area contributed by atoms with Gasteiger partial charge in [0.15, 0.2) is 0 Å². The van der Waals surface area contributed by atoms with Gasteiger partial charge in [-0.05, 0) is 24.6 Å². The van der Waals surface area contributed by atoms with Gasteiger partial charge in [0.2, 0.25) is 5.91 Å². The van der Waals surface area contributed by atoms with Gasteiger partial charge in [-0.3, -0.25) is 4.79 Å². The van der Waals surface area contributed by atoms with Crippen LogP contribution in [0.25, 0.3) is 0 Å². The minimum absolute atomic E-state index is 0.0544. The number of hydrogen-bond donors (Lipinski definition) is 1. The molecular formula is C18H21NO3S. The number of nitrogens with one attached hydrogen (secondary N) is 1. The SMILES string of the molecule is COc1ccc(NC(=O)CSC(C)c2ccccc2)c(OC)c1. The molecule has 1 amide bonds. The predicted molar refractivity (Wildman–Crippen MR) is 95.5 cm³/mol. The predicted octanol–water partition coefficient (Wildman–Crippen LogP) is 4.14. The van der Waals surface area contributed by atoms with Crippen LogP contribution in [-0.2, 0) is 4.79 Å².